The van der Waals surface area contributed by atoms with Gasteiger partial charge in [-0.05, 0) is 42.8 Å². The van der Waals surface area contributed by atoms with Crippen LogP contribution in [0.5, 0.6) is 0 Å². The zero-order valence-corrected chi connectivity index (χ0v) is 21.3. The average Bonchev–Trinajstić information content (AvgIpc) is 3.38. The maximum atomic E-state index is 13.3. The molecule has 1 fully saturated rings. The summed E-state index contributed by atoms with van der Waals surface area (Å²) in [6, 6.07) is 20.9. The Kier molecular flexibility index (Phi) is 6.25. The van der Waals surface area contributed by atoms with Crippen molar-refractivity contribution in [1.29, 1.82) is 0 Å². The molecule has 6 rings (SSSR count). The maximum absolute atomic E-state index is 13.3. The Morgan fingerprint density at radius 3 is 2.39 bits per heavy atom. The zero-order chi connectivity index (χ0) is 26.2. The van der Waals surface area contributed by atoms with Gasteiger partial charge in [-0.15, -0.1) is 0 Å². The molecule has 192 valence electrons. The van der Waals surface area contributed by atoms with E-state index in [2.05, 4.69) is 22.1 Å². The average molecular weight is 508 g/mol. The topological polar surface area (TPSA) is 89.6 Å². The number of nitrogens with one attached hydrogen (secondary N) is 1. The van der Waals surface area contributed by atoms with Crippen LogP contribution < -0.4 is 10.5 Å². The third kappa shape index (κ3) is 4.48. The first-order valence-corrected chi connectivity index (χ1v) is 13.0. The first kappa shape index (κ1) is 24.1. The lowest BCUT2D eigenvalue weighted by molar-refractivity contribution is -0.117. The molecule has 2 aliphatic rings. The van der Waals surface area contributed by atoms with E-state index in [1.54, 1.807) is 11.0 Å². The van der Waals surface area contributed by atoms with Crippen molar-refractivity contribution in [2.24, 2.45) is 0 Å². The van der Waals surface area contributed by atoms with Gasteiger partial charge >= 0.3 is 0 Å². The monoisotopic (exact) mass is 507 g/mol. The van der Waals surface area contributed by atoms with Crippen LogP contribution in [0.15, 0.2) is 71.5 Å². The second-order valence-corrected chi connectivity index (χ2v) is 10.1. The van der Waals surface area contributed by atoms with Crippen LogP contribution >= 0.6 is 0 Å². The van der Waals surface area contributed by atoms with Gasteiger partial charge in [0.2, 0.25) is 5.91 Å². The highest BCUT2D eigenvalue weighted by Gasteiger charge is 2.27. The molecule has 3 heterocycles. The fraction of sp³-hybridized carbons (Fsp3) is 0.267. The van der Waals surface area contributed by atoms with Crippen LogP contribution in [0.3, 0.4) is 0 Å². The molecule has 38 heavy (non-hydrogen) atoms. The molecule has 4 aromatic rings. The molecular formula is C30H29N5O3. The van der Waals surface area contributed by atoms with Crippen molar-refractivity contribution in [3.63, 3.8) is 0 Å². The molecule has 0 saturated carbocycles. The maximum Gasteiger partial charge on any atom is 0.272 e. The SMILES string of the molecule is CN1CCN(C(=O)c2ccc3c(c2)N(C(=O)Cc2ccc(-c4n[nH]c(=O)c5ccccc45)cc2)CC3)CC1. The number of rotatable bonds is 4. The van der Waals surface area contributed by atoms with E-state index in [-0.39, 0.29) is 23.8 Å². The van der Waals surface area contributed by atoms with Gasteiger partial charge in [0.25, 0.3) is 11.5 Å². The number of carbonyl (C=O) groups is 2. The van der Waals surface area contributed by atoms with Crippen molar-refractivity contribution in [2.45, 2.75) is 12.8 Å². The van der Waals surface area contributed by atoms with Gasteiger partial charge in [-0.3, -0.25) is 14.4 Å². The number of likely N-dealkylation sites (N-methyl/N-ethyl adjacent to an activating group) is 1. The van der Waals surface area contributed by atoms with Crippen LogP contribution in [-0.4, -0.2) is 71.6 Å². The van der Waals surface area contributed by atoms with Crippen molar-refractivity contribution in [2.75, 3.05) is 44.7 Å². The Labute approximate surface area is 220 Å². The number of hydrogen-bond donors (Lipinski definition) is 1. The number of piperazine rings is 1. The molecule has 1 aromatic heterocycles. The number of H-pyrrole nitrogens is 1. The fourth-order valence-corrected chi connectivity index (χ4v) is 5.35. The lowest BCUT2D eigenvalue weighted by Gasteiger charge is -2.32. The molecule has 0 aliphatic carbocycles. The van der Waals surface area contributed by atoms with Gasteiger partial charge in [-0.1, -0.05) is 48.5 Å². The van der Waals surface area contributed by atoms with E-state index in [1.165, 1.54) is 0 Å². The minimum absolute atomic E-state index is 0.00770. The molecule has 0 unspecified atom stereocenters. The lowest BCUT2D eigenvalue weighted by atomic mass is 10.0. The third-order valence-electron chi connectivity index (χ3n) is 7.60. The second kappa shape index (κ2) is 9.87. The molecule has 0 bridgehead atoms. The second-order valence-electron chi connectivity index (χ2n) is 10.1. The molecule has 0 atom stereocenters. The highest BCUT2D eigenvalue weighted by molar-refractivity contribution is 6.00. The molecule has 1 N–H and O–H groups in total. The minimum atomic E-state index is -0.217. The van der Waals surface area contributed by atoms with Gasteiger partial charge in [-0.25, -0.2) is 5.10 Å². The number of nitrogens with zero attached hydrogens (tertiary/aromatic N) is 4. The predicted molar refractivity (Wildman–Crippen MR) is 147 cm³/mol. The Balaban J connectivity index is 1.19. The highest BCUT2D eigenvalue weighted by atomic mass is 16.2. The minimum Gasteiger partial charge on any atom is -0.336 e. The number of aromatic nitrogens is 2. The number of amides is 2. The molecule has 3 aromatic carbocycles. The predicted octanol–water partition coefficient (Wildman–Crippen LogP) is 3.11. The van der Waals surface area contributed by atoms with Gasteiger partial charge in [-0.2, -0.15) is 5.10 Å². The summed E-state index contributed by atoms with van der Waals surface area (Å²) < 4.78 is 0. The normalized spacial score (nSPS) is 15.6. The summed E-state index contributed by atoms with van der Waals surface area (Å²) in [6.45, 7) is 3.79. The summed E-state index contributed by atoms with van der Waals surface area (Å²) in [4.78, 5) is 44.5. The number of hydrogen-bond acceptors (Lipinski definition) is 5. The van der Waals surface area contributed by atoms with E-state index in [9.17, 15) is 14.4 Å². The summed E-state index contributed by atoms with van der Waals surface area (Å²) in [5.74, 6) is 0.0347. The standard InChI is InChI=1S/C30H29N5O3/c1-33-14-16-34(17-15-33)30(38)23-11-10-21-12-13-35(26(21)19-23)27(36)18-20-6-8-22(9-7-20)28-24-4-2-3-5-25(24)29(37)32-31-28/h2-11,19H,12-18H2,1H3,(H,32,37). The number of carbonyl (C=O) groups excluding carboxylic acids is 2. The van der Waals surface area contributed by atoms with E-state index >= 15 is 0 Å². The first-order valence-electron chi connectivity index (χ1n) is 13.0. The fourth-order valence-electron chi connectivity index (χ4n) is 5.35. The van der Waals surface area contributed by atoms with Crippen molar-refractivity contribution < 1.29 is 9.59 Å². The molecular weight excluding hydrogens is 478 g/mol. The van der Waals surface area contributed by atoms with Crippen LogP contribution in [0.4, 0.5) is 5.69 Å². The number of anilines is 1. The van der Waals surface area contributed by atoms with Crippen molar-refractivity contribution >= 4 is 28.3 Å². The summed E-state index contributed by atoms with van der Waals surface area (Å²) in [6.07, 6.45) is 1.05. The van der Waals surface area contributed by atoms with Crippen LogP contribution in [0.25, 0.3) is 22.0 Å². The van der Waals surface area contributed by atoms with E-state index in [0.717, 1.165) is 60.4 Å². The van der Waals surface area contributed by atoms with Crippen molar-refractivity contribution in [1.82, 2.24) is 20.0 Å². The summed E-state index contributed by atoms with van der Waals surface area (Å²) >= 11 is 0. The van der Waals surface area contributed by atoms with Crippen LogP contribution in [-0.2, 0) is 17.6 Å². The first-order chi connectivity index (χ1) is 18.5. The molecule has 8 nitrogen and oxygen atoms in total. The van der Waals surface area contributed by atoms with Crippen molar-refractivity contribution in [3.05, 3.63) is 93.8 Å². The van der Waals surface area contributed by atoms with E-state index in [0.29, 0.717) is 23.2 Å². The molecule has 1 saturated heterocycles. The van der Waals surface area contributed by atoms with E-state index in [1.807, 2.05) is 65.6 Å². The van der Waals surface area contributed by atoms with Gasteiger partial charge in [0.05, 0.1) is 17.5 Å². The van der Waals surface area contributed by atoms with Crippen LogP contribution in [0.2, 0.25) is 0 Å². The number of benzene rings is 3. The third-order valence-corrected chi connectivity index (χ3v) is 7.60. The Hall–Kier alpha value is -4.30. The lowest BCUT2D eigenvalue weighted by Crippen LogP contribution is -2.47. The quantitative estimate of drug-likeness (QED) is 0.459. The summed E-state index contributed by atoms with van der Waals surface area (Å²) in [5.41, 5.74) is 4.82. The zero-order valence-electron chi connectivity index (χ0n) is 21.3. The van der Waals surface area contributed by atoms with E-state index < -0.39 is 0 Å². The smallest absolute Gasteiger partial charge is 0.272 e. The molecule has 2 amide bonds. The number of fused-ring (bicyclic) bond motifs is 2. The Morgan fingerprint density at radius 2 is 1.63 bits per heavy atom. The van der Waals surface area contributed by atoms with E-state index in [4.69, 9.17) is 0 Å². The van der Waals surface area contributed by atoms with Gasteiger partial charge < -0.3 is 14.7 Å². The summed E-state index contributed by atoms with van der Waals surface area (Å²) in [7, 11) is 2.07. The molecule has 0 radical (unpaired) electrons. The number of aromatic amines is 1. The Morgan fingerprint density at radius 1 is 0.895 bits per heavy atom. The highest BCUT2D eigenvalue weighted by Crippen LogP contribution is 2.31. The Bertz CT molecular complexity index is 1590. The molecule has 2 aliphatic heterocycles. The summed E-state index contributed by atoms with van der Waals surface area (Å²) in [5, 5.41) is 8.22. The van der Waals surface area contributed by atoms with Gasteiger partial charge in [0.1, 0.15) is 0 Å². The van der Waals surface area contributed by atoms with Crippen LogP contribution in [0, 0.1) is 0 Å². The molecule has 0 spiro atoms. The van der Waals surface area contributed by atoms with Gasteiger partial charge in [0, 0.05) is 54.9 Å². The largest absolute Gasteiger partial charge is 0.336 e. The van der Waals surface area contributed by atoms with Crippen LogP contribution in [0.1, 0.15) is 21.5 Å². The van der Waals surface area contributed by atoms with Gasteiger partial charge in [0.15, 0.2) is 0 Å². The molecule has 8 heteroatoms. The van der Waals surface area contributed by atoms with Crippen molar-refractivity contribution in [3.8, 4) is 11.3 Å².